The van der Waals surface area contributed by atoms with Crippen molar-refractivity contribution in [2.75, 3.05) is 32.1 Å². The van der Waals surface area contributed by atoms with E-state index in [1.165, 1.54) is 0 Å². The number of hydrogen-bond acceptors (Lipinski definition) is 3. The molecule has 1 aliphatic heterocycles. The van der Waals surface area contributed by atoms with Crippen molar-refractivity contribution < 1.29 is 9.59 Å². The molecule has 1 aliphatic rings. The topological polar surface area (TPSA) is 52.7 Å². The Morgan fingerprint density at radius 2 is 1.96 bits per heavy atom. The van der Waals surface area contributed by atoms with Crippen LogP contribution < -0.4 is 10.2 Å². The molecule has 0 fully saturated rings. The lowest BCUT2D eigenvalue weighted by molar-refractivity contribution is -0.116. The molecule has 1 N–H and O–H groups in total. The first-order valence-corrected chi connectivity index (χ1v) is 9.36. The molecule has 0 radical (unpaired) electrons. The lowest BCUT2D eigenvalue weighted by atomic mass is 10.0. The molecule has 2 aromatic carbocycles. The molecule has 6 heteroatoms. The van der Waals surface area contributed by atoms with Crippen LogP contribution in [-0.4, -0.2) is 43.9 Å². The Labute approximate surface area is 164 Å². The van der Waals surface area contributed by atoms with Crippen LogP contribution in [0.1, 0.15) is 34.5 Å². The molecular weight excluding hydrogens is 362 g/mol. The Morgan fingerprint density at radius 3 is 2.63 bits per heavy atom. The zero-order valence-electron chi connectivity index (χ0n) is 15.8. The van der Waals surface area contributed by atoms with Crippen LogP contribution >= 0.6 is 11.6 Å². The van der Waals surface area contributed by atoms with E-state index in [2.05, 4.69) is 5.32 Å². The van der Waals surface area contributed by atoms with E-state index in [9.17, 15) is 9.59 Å². The number of likely N-dealkylation sites (N-methyl/N-ethyl adjacent to an activating group) is 1. The Balaban J connectivity index is 1.72. The van der Waals surface area contributed by atoms with Crippen LogP contribution in [0, 0.1) is 0 Å². The van der Waals surface area contributed by atoms with E-state index < -0.39 is 0 Å². The number of nitrogens with zero attached hydrogens (tertiary/aromatic N) is 2. The van der Waals surface area contributed by atoms with E-state index in [-0.39, 0.29) is 17.9 Å². The second-order valence-electron chi connectivity index (χ2n) is 6.98. The summed E-state index contributed by atoms with van der Waals surface area (Å²) < 4.78 is 0. The number of amides is 2. The van der Waals surface area contributed by atoms with Gasteiger partial charge in [0.2, 0.25) is 5.91 Å². The van der Waals surface area contributed by atoms with Crippen molar-refractivity contribution in [3.05, 3.63) is 64.2 Å². The zero-order valence-corrected chi connectivity index (χ0v) is 16.6. The van der Waals surface area contributed by atoms with Crippen molar-refractivity contribution in [3.8, 4) is 0 Å². The van der Waals surface area contributed by atoms with Gasteiger partial charge in [-0.2, -0.15) is 0 Å². The summed E-state index contributed by atoms with van der Waals surface area (Å²) in [5, 5.41) is 3.70. The molecule has 0 aliphatic carbocycles. The third kappa shape index (κ3) is 4.15. The maximum Gasteiger partial charge on any atom is 0.251 e. The molecule has 5 nitrogen and oxygen atoms in total. The highest BCUT2D eigenvalue weighted by Crippen LogP contribution is 2.29. The molecule has 0 bridgehead atoms. The van der Waals surface area contributed by atoms with Crippen molar-refractivity contribution in [1.29, 1.82) is 0 Å². The van der Waals surface area contributed by atoms with Crippen molar-refractivity contribution in [2.45, 2.75) is 19.4 Å². The van der Waals surface area contributed by atoms with E-state index in [1.807, 2.05) is 55.4 Å². The molecule has 2 amide bonds. The van der Waals surface area contributed by atoms with Crippen LogP contribution in [0.25, 0.3) is 0 Å². The molecule has 1 heterocycles. The smallest absolute Gasteiger partial charge is 0.251 e. The number of benzene rings is 2. The number of carbonyl (C=O) groups is 2. The maximum atomic E-state index is 12.7. The lowest BCUT2D eigenvalue weighted by Crippen LogP contribution is -2.34. The van der Waals surface area contributed by atoms with E-state index in [4.69, 9.17) is 11.6 Å². The predicted octanol–water partition coefficient (Wildman–Crippen LogP) is 3.28. The Kier molecular flexibility index (Phi) is 5.82. The van der Waals surface area contributed by atoms with Gasteiger partial charge < -0.3 is 15.1 Å². The van der Waals surface area contributed by atoms with Gasteiger partial charge in [0.05, 0.1) is 6.04 Å². The highest BCUT2D eigenvalue weighted by Gasteiger charge is 2.23. The van der Waals surface area contributed by atoms with E-state index >= 15 is 0 Å². The highest BCUT2D eigenvalue weighted by molar-refractivity contribution is 6.31. The summed E-state index contributed by atoms with van der Waals surface area (Å²) in [6.07, 6.45) is 0.774. The molecule has 0 unspecified atom stereocenters. The number of anilines is 1. The van der Waals surface area contributed by atoms with Gasteiger partial charge >= 0.3 is 0 Å². The van der Waals surface area contributed by atoms with Gasteiger partial charge in [-0.25, -0.2) is 0 Å². The summed E-state index contributed by atoms with van der Waals surface area (Å²) in [5.41, 5.74) is 3.53. The average Bonchev–Trinajstić information content (AvgIpc) is 3.06. The third-order valence-corrected chi connectivity index (χ3v) is 5.31. The van der Waals surface area contributed by atoms with E-state index in [0.717, 1.165) is 23.2 Å². The molecule has 1 atom stereocenters. The van der Waals surface area contributed by atoms with Crippen molar-refractivity contribution in [1.82, 2.24) is 10.2 Å². The van der Waals surface area contributed by atoms with Crippen LogP contribution in [0.4, 0.5) is 5.69 Å². The minimum absolute atomic E-state index is 0.0229. The van der Waals surface area contributed by atoms with Gasteiger partial charge in [-0.05, 0) is 55.9 Å². The maximum absolute atomic E-state index is 12.7. The average molecular weight is 386 g/mol. The lowest BCUT2D eigenvalue weighted by Gasteiger charge is -2.26. The number of rotatable bonds is 5. The standard InChI is InChI=1S/C21H24ClN3O2/c1-14(26)25-11-10-15-12-16(8-9-19(15)25)21(27)23-13-20(24(2)3)17-6-4-5-7-18(17)22/h4-9,12,20H,10-11,13H2,1-3H3,(H,23,27)/t20-/m0/s1. The van der Waals surface area contributed by atoms with E-state index in [1.54, 1.807) is 17.9 Å². The second-order valence-corrected chi connectivity index (χ2v) is 7.38. The summed E-state index contributed by atoms with van der Waals surface area (Å²) >= 11 is 6.33. The van der Waals surface area contributed by atoms with Crippen molar-refractivity contribution in [3.63, 3.8) is 0 Å². The summed E-state index contributed by atoms with van der Waals surface area (Å²) in [6, 6.07) is 13.2. The predicted molar refractivity (Wildman–Crippen MR) is 108 cm³/mol. The van der Waals surface area contributed by atoms with Crippen LogP contribution in [0.3, 0.4) is 0 Å². The van der Waals surface area contributed by atoms with Crippen LogP contribution in [0.5, 0.6) is 0 Å². The Morgan fingerprint density at radius 1 is 1.22 bits per heavy atom. The molecule has 0 aromatic heterocycles. The van der Waals surface area contributed by atoms with Crippen LogP contribution in [0.15, 0.2) is 42.5 Å². The molecule has 3 rings (SSSR count). The van der Waals surface area contributed by atoms with Gasteiger partial charge in [0.1, 0.15) is 0 Å². The molecule has 142 valence electrons. The van der Waals surface area contributed by atoms with Crippen LogP contribution in [0.2, 0.25) is 5.02 Å². The summed E-state index contributed by atoms with van der Waals surface area (Å²) in [6.45, 7) is 2.68. The quantitative estimate of drug-likeness (QED) is 0.859. The van der Waals surface area contributed by atoms with Gasteiger partial charge in [-0.15, -0.1) is 0 Å². The third-order valence-electron chi connectivity index (χ3n) is 4.96. The summed E-state index contributed by atoms with van der Waals surface area (Å²) in [5.74, 6) is -0.0995. The summed E-state index contributed by atoms with van der Waals surface area (Å²) in [4.78, 5) is 28.1. The monoisotopic (exact) mass is 385 g/mol. The minimum atomic E-state index is -0.127. The fourth-order valence-electron chi connectivity index (χ4n) is 3.48. The van der Waals surface area contributed by atoms with Gasteiger partial charge in [0, 0.05) is 36.3 Å². The van der Waals surface area contributed by atoms with Gasteiger partial charge in [-0.1, -0.05) is 29.8 Å². The van der Waals surface area contributed by atoms with Crippen LogP contribution in [-0.2, 0) is 11.2 Å². The highest BCUT2D eigenvalue weighted by atomic mass is 35.5. The SMILES string of the molecule is CC(=O)N1CCc2cc(C(=O)NC[C@@H](c3ccccc3Cl)N(C)C)ccc21. The Bertz CT molecular complexity index is 866. The fraction of sp³-hybridized carbons (Fsp3) is 0.333. The Hall–Kier alpha value is -2.37. The number of carbonyl (C=O) groups excluding carboxylic acids is 2. The van der Waals surface area contributed by atoms with Gasteiger partial charge in [0.15, 0.2) is 0 Å². The molecule has 2 aromatic rings. The normalized spacial score (nSPS) is 14.2. The van der Waals surface area contributed by atoms with Crippen molar-refractivity contribution in [2.24, 2.45) is 0 Å². The second kappa shape index (κ2) is 8.11. The largest absolute Gasteiger partial charge is 0.350 e. The first-order chi connectivity index (χ1) is 12.9. The summed E-state index contributed by atoms with van der Waals surface area (Å²) in [7, 11) is 3.93. The van der Waals surface area contributed by atoms with E-state index in [0.29, 0.717) is 23.7 Å². The van der Waals surface area contributed by atoms with Gasteiger partial charge in [-0.3, -0.25) is 9.59 Å². The number of fused-ring (bicyclic) bond motifs is 1. The number of halogens is 1. The zero-order chi connectivity index (χ0) is 19.6. The molecule has 27 heavy (non-hydrogen) atoms. The first kappa shape index (κ1) is 19.4. The fourth-order valence-corrected chi connectivity index (χ4v) is 3.74. The number of hydrogen-bond donors (Lipinski definition) is 1. The molecule has 0 spiro atoms. The first-order valence-electron chi connectivity index (χ1n) is 8.98. The van der Waals surface area contributed by atoms with Crippen molar-refractivity contribution >= 4 is 29.1 Å². The molecule has 0 saturated heterocycles. The van der Waals surface area contributed by atoms with Gasteiger partial charge in [0.25, 0.3) is 5.91 Å². The number of nitrogens with one attached hydrogen (secondary N) is 1. The molecular formula is C21H24ClN3O2. The minimum Gasteiger partial charge on any atom is -0.350 e. The molecule has 0 saturated carbocycles.